The highest BCUT2D eigenvalue weighted by Crippen LogP contribution is 2.21. The molecule has 1 aliphatic heterocycles. The summed E-state index contributed by atoms with van der Waals surface area (Å²) in [4.78, 5) is 14.6. The Hall–Kier alpha value is -2.18. The van der Waals surface area contributed by atoms with Crippen molar-refractivity contribution in [2.45, 2.75) is 30.3 Å². The van der Waals surface area contributed by atoms with Crippen LogP contribution < -0.4 is 4.72 Å². The molecule has 0 aliphatic carbocycles. The van der Waals surface area contributed by atoms with Gasteiger partial charge in [-0.25, -0.2) is 13.1 Å². The van der Waals surface area contributed by atoms with Gasteiger partial charge in [0.05, 0.1) is 10.9 Å². The molecule has 1 atom stereocenters. The van der Waals surface area contributed by atoms with E-state index in [1.807, 2.05) is 35.2 Å². The van der Waals surface area contributed by atoms with Crippen LogP contribution in [0.4, 0.5) is 0 Å². The Balaban J connectivity index is 1.70. The molecule has 5 nitrogen and oxygen atoms in total. The Morgan fingerprint density at radius 3 is 2.33 bits per heavy atom. The largest absolute Gasteiger partial charge is 0.288 e. The predicted octanol–water partition coefficient (Wildman–Crippen LogP) is 2.16. The molecule has 126 valence electrons. The van der Waals surface area contributed by atoms with E-state index in [4.69, 9.17) is 0 Å². The number of nitrogens with one attached hydrogen (secondary N) is 1. The van der Waals surface area contributed by atoms with Crippen molar-refractivity contribution in [3.05, 3.63) is 66.2 Å². The van der Waals surface area contributed by atoms with Crippen LogP contribution in [-0.4, -0.2) is 31.8 Å². The highest BCUT2D eigenvalue weighted by Gasteiger charge is 2.33. The second kappa shape index (κ2) is 7.15. The van der Waals surface area contributed by atoms with Crippen LogP contribution in [0.1, 0.15) is 18.4 Å². The second-order valence-corrected chi connectivity index (χ2v) is 7.58. The number of nitrogens with zero attached hydrogens (tertiary/aromatic N) is 1. The number of hydrogen-bond donors (Lipinski definition) is 1. The number of benzene rings is 2. The van der Waals surface area contributed by atoms with Crippen molar-refractivity contribution in [3.8, 4) is 0 Å². The molecule has 1 heterocycles. The van der Waals surface area contributed by atoms with Gasteiger partial charge in [0, 0.05) is 6.54 Å². The molecule has 2 aromatic rings. The lowest BCUT2D eigenvalue weighted by atomic mass is 10.2. The van der Waals surface area contributed by atoms with E-state index >= 15 is 0 Å². The molecule has 1 fully saturated rings. The van der Waals surface area contributed by atoms with E-state index in [1.165, 1.54) is 12.1 Å². The molecule has 0 aromatic heterocycles. The number of sulfonamides is 1. The van der Waals surface area contributed by atoms with Gasteiger partial charge in [-0.1, -0.05) is 48.5 Å². The van der Waals surface area contributed by atoms with Gasteiger partial charge in [0.15, 0.2) is 0 Å². The van der Waals surface area contributed by atoms with Gasteiger partial charge < -0.3 is 0 Å². The molecule has 6 heteroatoms. The third-order valence-electron chi connectivity index (χ3n) is 4.18. The maximum atomic E-state index is 12.5. The fourth-order valence-corrected chi connectivity index (χ4v) is 4.02. The Labute approximate surface area is 142 Å². The quantitative estimate of drug-likeness (QED) is 0.903. The second-order valence-electron chi connectivity index (χ2n) is 5.90. The Morgan fingerprint density at radius 2 is 1.67 bits per heavy atom. The molecule has 1 amide bonds. The maximum Gasteiger partial charge on any atom is 0.264 e. The summed E-state index contributed by atoms with van der Waals surface area (Å²) >= 11 is 0. The Bertz CT molecular complexity index is 792. The molecule has 0 spiro atoms. The van der Waals surface area contributed by atoms with E-state index in [9.17, 15) is 13.2 Å². The summed E-state index contributed by atoms with van der Waals surface area (Å²) in [5.74, 6) is -0.452. The first kappa shape index (κ1) is 16.7. The van der Waals surface area contributed by atoms with Crippen LogP contribution in [0.2, 0.25) is 0 Å². The zero-order valence-corrected chi connectivity index (χ0v) is 14.1. The number of carbonyl (C=O) groups is 1. The lowest BCUT2D eigenvalue weighted by Crippen LogP contribution is -2.45. The Morgan fingerprint density at radius 1 is 1.04 bits per heavy atom. The van der Waals surface area contributed by atoms with Crippen molar-refractivity contribution in [3.63, 3.8) is 0 Å². The number of amides is 1. The molecular weight excluding hydrogens is 324 g/mol. The first-order chi connectivity index (χ1) is 11.6. The van der Waals surface area contributed by atoms with Crippen molar-refractivity contribution in [2.24, 2.45) is 0 Å². The van der Waals surface area contributed by atoms with E-state index in [-0.39, 0.29) is 4.90 Å². The van der Waals surface area contributed by atoms with Crippen molar-refractivity contribution in [1.29, 1.82) is 0 Å². The van der Waals surface area contributed by atoms with Crippen molar-refractivity contribution < 1.29 is 13.2 Å². The van der Waals surface area contributed by atoms with Crippen LogP contribution in [0.15, 0.2) is 65.6 Å². The van der Waals surface area contributed by atoms with Gasteiger partial charge in [0.25, 0.3) is 15.9 Å². The summed E-state index contributed by atoms with van der Waals surface area (Å²) < 4.78 is 26.8. The normalized spacial score (nSPS) is 18.4. The van der Waals surface area contributed by atoms with E-state index in [0.717, 1.165) is 18.5 Å². The van der Waals surface area contributed by atoms with Gasteiger partial charge >= 0.3 is 0 Å². The first-order valence-electron chi connectivity index (χ1n) is 7.96. The van der Waals surface area contributed by atoms with Gasteiger partial charge in [-0.3, -0.25) is 9.69 Å². The minimum absolute atomic E-state index is 0.103. The molecule has 0 saturated carbocycles. The minimum atomic E-state index is -3.82. The zero-order chi connectivity index (χ0) is 17.0. The number of carbonyl (C=O) groups excluding carboxylic acids is 1. The number of hydrogen-bond acceptors (Lipinski definition) is 4. The fraction of sp³-hybridized carbons (Fsp3) is 0.278. The third-order valence-corrected chi connectivity index (χ3v) is 5.55. The lowest BCUT2D eigenvalue weighted by molar-refractivity contribution is -0.123. The number of likely N-dealkylation sites (tertiary alicyclic amines) is 1. The molecule has 2 aromatic carbocycles. The number of rotatable bonds is 5. The SMILES string of the molecule is O=C(NS(=O)(=O)c1ccccc1)[C@@H]1CCCN1Cc1ccccc1. The van der Waals surface area contributed by atoms with Crippen LogP contribution in [-0.2, 0) is 21.4 Å². The molecule has 0 unspecified atom stereocenters. The monoisotopic (exact) mass is 344 g/mol. The zero-order valence-electron chi connectivity index (χ0n) is 13.3. The third kappa shape index (κ3) is 3.83. The lowest BCUT2D eigenvalue weighted by Gasteiger charge is -2.23. The predicted molar refractivity (Wildman–Crippen MR) is 91.6 cm³/mol. The summed E-state index contributed by atoms with van der Waals surface area (Å²) in [6, 6.07) is 17.4. The highest BCUT2D eigenvalue weighted by molar-refractivity contribution is 7.90. The highest BCUT2D eigenvalue weighted by atomic mass is 32.2. The van der Waals surface area contributed by atoms with E-state index < -0.39 is 22.0 Å². The molecule has 1 saturated heterocycles. The first-order valence-corrected chi connectivity index (χ1v) is 9.44. The van der Waals surface area contributed by atoms with Crippen LogP contribution in [0.5, 0.6) is 0 Å². The Kier molecular flexibility index (Phi) is 4.97. The minimum Gasteiger partial charge on any atom is -0.288 e. The average Bonchev–Trinajstić information content (AvgIpc) is 3.04. The van der Waals surface area contributed by atoms with Crippen molar-refractivity contribution in [2.75, 3.05) is 6.54 Å². The molecule has 1 N–H and O–H groups in total. The van der Waals surface area contributed by atoms with Crippen molar-refractivity contribution >= 4 is 15.9 Å². The summed E-state index contributed by atoms with van der Waals surface area (Å²) in [6.07, 6.45) is 1.55. The van der Waals surface area contributed by atoms with Crippen LogP contribution in [0, 0.1) is 0 Å². The van der Waals surface area contributed by atoms with Gasteiger partial charge in [0.2, 0.25) is 0 Å². The smallest absolute Gasteiger partial charge is 0.264 e. The van der Waals surface area contributed by atoms with Gasteiger partial charge in [-0.15, -0.1) is 0 Å². The summed E-state index contributed by atoms with van der Waals surface area (Å²) in [7, 11) is -3.82. The molecule has 3 rings (SSSR count). The molecule has 0 radical (unpaired) electrons. The van der Waals surface area contributed by atoms with Gasteiger partial charge in [0.1, 0.15) is 0 Å². The summed E-state index contributed by atoms with van der Waals surface area (Å²) in [6.45, 7) is 1.43. The van der Waals surface area contributed by atoms with Crippen LogP contribution >= 0.6 is 0 Å². The van der Waals surface area contributed by atoms with Crippen molar-refractivity contribution in [1.82, 2.24) is 9.62 Å². The van der Waals surface area contributed by atoms with Gasteiger partial charge in [-0.2, -0.15) is 0 Å². The standard InChI is InChI=1S/C18H20N2O3S/c21-18(19-24(22,23)16-10-5-2-6-11-16)17-12-7-13-20(17)14-15-8-3-1-4-9-15/h1-6,8-11,17H,7,12-14H2,(H,19,21)/t17-/m0/s1. The molecular formula is C18H20N2O3S. The van der Waals surface area contributed by atoms with E-state index in [2.05, 4.69) is 4.72 Å². The summed E-state index contributed by atoms with van der Waals surface area (Å²) in [5, 5.41) is 0. The fourth-order valence-electron chi connectivity index (χ4n) is 2.99. The summed E-state index contributed by atoms with van der Waals surface area (Å²) in [5.41, 5.74) is 1.11. The maximum absolute atomic E-state index is 12.5. The molecule has 0 bridgehead atoms. The van der Waals surface area contributed by atoms with Gasteiger partial charge in [-0.05, 0) is 37.1 Å². The van der Waals surface area contributed by atoms with Crippen LogP contribution in [0.3, 0.4) is 0 Å². The van der Waals surface area contributed by atoms with E-state index in [1.54, 1.807) is 18.2 Å². The molecule has 1 aliphatic rings. The topological polar surface area (TPSA) is 66.5 Å². The molecule has 24 heavy (non-hydrogen) atoms. The van der Waals surface area contributed by atoms with Crippen LogP contribution in [0.25, 0.3) is 0 Å². The average molecular weight is 344 g/mol. The van der Waals surface area contributed by atoms with E-state index in [0.29, 0.717) is 13.0 Å².